The third kappa shape index (κ3) is 3.03. The largest absolute Gasteiger partial charge is 0.508 e. The molecule has 2 bridgehead atoms. The van der Waals surface area contributed by atoms with Gasteiger partial charge in [-0.2, -0.15) is 4.31 Å². The number of phenols is 1. The highest BCUT2D eigenvalue weighted by Crippen LogP contribution is 2.63. The van der Waals surface area contributed by atoms with Gasteiger partial charge in [-0.05, 0) is 55.8 Å². The number of aromatic hydroxyl groups is 1. The molecule has 0 unspecified atom stereocenters. The van der Waals surface area contributed by atoms with Crippen LogP contribution in [0.2, 0.25) is 0 Å². The number of likely N-dealkylation sites (N-methyl/N-ethyl adjacent to an activating group) is 1. The molecule has 1 saturated heterocycles. The van der Waals surface area contributed by atoms with Gasteiger partial charge in [0.25, 0.3) is 0 Å². The summed E-state index contributed by atoms with van der Waals surface area (Å²) in [4.78, 5) is 2.49. The Hall–Kier alpha value is -2.35. The lowest BCUT2D eigenvalue weighted by atomic mass is 9.51. The van der Waals surface area contributed by atoms with Gasteiger partial charge in [0.15, 0.2) is 0 Å². The first kappa shape index (κ1) is 22.1. The molecule has 1 saturated carbocycles. The smallest absolute Gasteiger partial charge is 0.218 e. The minimum absolute atomic E-state index is 0.0152. The van der Waals surface area contributed by atoms with Crippen LogP contribution in [0.15, 0.2) is 55.1 Å². The average molecular weight is 481 g/mol. The van der Waals surface area contributed by atoms with E-state index in [2.05, 4.69) is 11.5 Å². The first-order valence-electron chi connectivity index (χ1n) is 12.2. The van der Waals surface area contributed by atoms with Crippen molar-refractivity contribution in [1.82, 2.24) is 9.21 Å². The van der Waals surface area contributed by atoms with Crippen molar-refractivity contribution in [1.29, 1.82) is 0 Å². The molecule has 6 nitrogen and oxygen atoms in total. The number of benzene rings is 2. The van der Waals surface area contributed by atoms with Crippen molar-refractivity contribution >= 4 is 10.0 Å². The van der Waals surface area contributed by atoms with E-state index >= 15 is 0 Å². The highest BCUT2D eigenvalue weighted by Gasteiger charge is 2.66. The van der Waals surface area contributed by atoms with Gasteiger partial charge in [-0.25, -0.2) is 8.42 Å². The van der Waals surface area contributed by atoms with Crippen molar-refractivity contribution in [3.63, 3.8) is 0 Å². The highest BCUT2D eigenvalue weighted by molar-refractivity contribution is 7.88. The van der Waals surface area contributed by atoms with Gasteiger partial charge in [-0.3, -0.25) is 4.90 Å². The zero-order chi connectivity index (χ0) is 23.7. The summed E-state index contributed by atoms with van der Waals surface area (Å²) < 4.78 is 35.2. The van der Waals surface area contributed by atoms with Crippen LogP contribution in [0.4, 0.5) is 0 Å². The first-order chi connectivity index (χ1) is 16.4. The number of piperidine rings is 1. The van der Waals surface area contributed by atoms with Crippen LogP contribution in [0.1, 0.15) is 36.0 Å². The van der Waals surface area contributed by atoms with Crippen molar-refractivity contribution in [2.24, 2.45) is 5.92 Å². The molecule has 2 heterocycles. The standard InChI is InChI=1S/C27H32N2O4S/c1-3-14-29-15-13-27-20-9-10-21(28(2)34(31,32)17-18-7-5-4-6-8-18)26(27)33-24-12-11-23(30)19(25(24)27)16-22(20)29/h3-8,11-12,20-22,26,30H,1,9-10,13-17H2,2H3/t20-,21-,22+,26-,27-/m0/s1. The van der Waals surface area contributed by atoms with Crippen LogP contribution < -0.4 is 4.74 Å². The summed E-state index contributed by atoms with van der Waals surface area (Å²) >= 11 is 0. The molecule has 7 heteroatoms. The molecular formula is C27H32N2O4S. The Kier molecular flexibility index (Phi) is 5.10. The summed E-state index contributed by atoms with van der Waals surface area (Å²) in [6.07, 6.45) is 5.14. The molecule has 1 N–H and O–H groups in total. The Morgan fingerprint density at radius 1 is 1.24 bits per heavy atom. The van der Waals surface area contributed by atoms with E-state index in [4.69, 9.17) is 4.74 Å². The topological polar surface area (TPSA) is 70.1 Å². The monoisotopic (exact) mass is 480 g/mol. The molecule has 1 spiro atoms. The second kappa shape index (κ2) is 7.83. The van der Waals surface area contributed by atoms with Crippen LogP contribution in [-0.4, -0.2) is 61.1 Å². The normalized spacial score (nSPS) is 31.7. The van der Waals surface area contributed by atoms with Gasteiger partial charge < -0.3 is 9.84 Å². The molecule has 0 radical (unpaired) electrons. The molecular weight excluding hydrogens is 448 g/mol. The fourth-order valence-corrected chi connectivity index (χ4v) is 8.91. The van der Waals surface area contributed by atoms with Gasteiger partial charge in [0.1, 0.15) is 17.6 Å². The molecule has 2 aromatic carbocycles. The lowest BCUT2D eigenvalue weighted by molar-refractivity contribution is -0.0713. The van der Waals surface area contributed by atoms with Crippen molar-refractivity contribution in [2.75, 3.05) is 20.1 Å². The van der Waals surface area contributed by atoms with Crippen molar-refractivity contribution < 1.29 is 18.3 Å². The molecule has 0 amide bonds. The van der Waals surface area contributed by atoms with Crippen LogP contribution in [-0.2, 0) is 27.6 Å². The second-order valence-electron chi connectivity index (χ2n) is 10.3. The van der Waals surface area contributed by atoms with E-state index in [1.165, 1.54) is 0 Å². The zero-order valence-corrected chi connectivity index (χ0v) is 20.4. The Morgan fingerprint density at radius 2 is 2.03 bits per heavy atom. The van der Waals surface area contributed by atoms with Crippen molar-refractivity contribution in [3.8, 4) is 11.5 Å². The second-order valence-corrected chi connectivity index (χ2v) is 12.4. The lowest BCUT2D eigenvalue weighted by Gasteiger charge is -2.60. The lowest BCUT2D eigenvalue weighted by Crippen LogP contribution is -2.68. The van der Waals surface area contributed by atoms with Crippen LogP contribution in [0.5, 0.6) is 11.5 Å². The van der Waals surface area contributed by atoms with Gasteiger partial charge in [0, 0.05) is 36.2 Å². The third-order valence-electron chi connectivity index (χ3n) is 8.88. The molecule has 180 valence electrons. The fraction of sp³-hybridized carbons (Fsp3) is 0.481. The maximum absolute atomic E-state index is 13.5. The highest BCUT2D eigenvalue weighted by atomic mass is 32.2. The number of hydrogen-bond acceptors (Lipinski definition) is 5. The number of sulfonamides is 1. The van der Waals surface area contributed by atoms with Crippen LogP contribution in [0.25, 0.3) is 0 Å². The molecule has 6 rings (SSSR count). The van der Waals surface area contributed by atoms with Gasteiger partial charge in [-0.1, -0.05) is 36.4 Å². The molecule has 2 fully saturated rings. The van der Waals surface area contributed by atoms with E-state index in [0.717, 1.165) is 61.2 Å². The maximum atomic E-state index is 13.5. The van der Waals surface area contributed by atoms with E-state index in [0.29, 0.717) is 17.7 Å². The molecule has 2 aliphatic heterocycles. The predicted octanol–water partition coefficient (Wildman–Crippen LogP) is 3.45. The summed E-state index contributed by atoms with van der Waals surface area (Å²) in [6, 6.07) is 13.0. The summed E-state index contributed by atoms with van der Waals surface area (Å²) in [5.74, 6) is 1.53. The van der Waals surface area contributed by atoms with E-state index in [9.17, 15) is 13.5 Å². The molecule has 2 aromatic rings. The average Bonchev–Trinajstić information content (AvgIpc) is 3.15. The Bertz CT molecular complexity index is 1230. The van der Waals surface area contributed by atoms with E-state index < -0.39 is 10.0 Å². The summed E-state index contributed by atoms with van der Waals surface area (Å²) in [5, 5.41) is 10.8. The summed E-state index contributed by atoms with van der Waals surface area (Å²) in [7, 11) is -1.81. The summed E-state index contributed by atoms with van der Waals surface area (Å²) in [5.41, 5.74) is 2.67. The van der Waals surface area contributed by atoms with Gasteiger partial charge >= 0.3 is 0 Å². The number of ether oxygens (including phenoxy) is 1. The van der Waals surface area contributed by atoms with Gasteiger partial charge in [0.05, 0.1) is 11.8 Å². The maximum Gasteiger partial charge on any atom is 0.218 e. The number of likely N-dealkylation sites (tertiary alicyclic amines) is 1. The quantitative estimate of drug-likeness (QED) is 0.642. The number of nitrogens with zero attached hydrogens (tertiary/aromatic N) is 2. The Morgan fingerprint density at radius 3 is 2.79 bits per heavy atom. The van der Waals surface area contributed by atoms with Crippen LogP contribution >= 0.6 is 0 Å². The fourth-order valence-electron chi connectivity index (χ4n) is 7.47. The van der Waals surface area contributed by atoms with E-state index in [1.54, 1.807) is 17.4 Å². The van der Waals surface area contributed by atoms with Crippen LogP contribution in [0, 0.1) is 5.92 Å². The Labute approximate surface area is 201 Å². The van der Waals surface area contributed by atoms with Gasteiger partial charge in [-0.15, -0.1) is 6.58 Å². The summed E-state index contributed by atoms with van der Waals surface area (Å²) in [6.45, 7) is 5.71. The minimum atomic E-state index is -3.53. The van der Waals surface area contributed by atoms with Crippen molar-refractivity contribution in [2.45, 2.75) is 55.0 Å². The Balaban J connectivity index is 1.40. The molecule has 2 aliphatic carbocycles. The van der Waals surface area contributed by atoms with Crippen molar-refractivity contribution in [3.05, 3.63) is 71.8 Å². The van der Waals surface area contributed by atoms with E-state index in [1.807, 2.05) is 42.5 Å². The molecule has 5 atom stereocenters. The zero-order valence-electron chi connectivity index (χ0n) is 19.6. The molecule has 0 aromatic heterocycles. The molecule has 4 aliphatic rings. The SMILES string of the molecule is C=CCN1CC[C@@]23c4c5ccc(O)c4C[C@@H]1[C@@H]2CC[C@H](N(C)S(=O)(=O)Cc1ccccc1)[C@@H]3O5. The van der Waals surface area contributed by atoms with Crippen LogP contribution in [0.3, 0.4) is 0 Å². The number of rotatable bonds is 6. The number of phenolic OH excluding ortho intramolecular Hbond substituents is 1. The minimum Gasteiger partial charge on any atom is -0.508 e. The first-order valence-corrected chi connectivity index (χ1v) is 13.8. The number of hydrogen-bond donors (Lipinski definition) is 1. The van der Waals surface area contributed by atoms with Gasteiger partial charge in [0.2, 0.25) is 10.0 Å². The third-order valence-corrected chi connectivity index (χ3v) is 10.7. The predicted molar refractivity (Wildman–Crippen MR) is 131 cm³/mol. The molecule has 34 heavy (non-hydrogen) atoms. The van der Waals surface area contributed by atoms with E-state index in [-0.39, 0.29) is 23.3 Å².